The fraction of sp³-hybridized carbons (Fsp3) is 0.333. The smallest absolute Gasteiger partial charge is 0.339 e. The van der Waals surface area contributed by atoms with Gasteiger partial charge in [-0.05, 0) is 42.7 Å². The van der Waals surface area contributed by atoms with Crippen molar-refractivity contribution < 1.29 is 9.90 Å². The number of carbonyl (C=O) groups is 1. The average Bonchev–Trinajstić information content (AvgIpc) is 2.84. The van der Waals surface area contributed by atoms with Crippen molar-refractivity contribution >= 4 is 17.3 Å². The van der Waals surface area contributed by atoms with Crippen LogP contribution in [0.15, 0.2) is 16.8 Å². The lowest BCUT2D eigenvalue weighted by atomic mass is 10.2. The van der Waals surface area contributed by atoms with Crippen LogP contribution in [0, 0.1) is 13.8 Å². The van der Waals surface area contributed by atoms with Crippen molar-refractivity contribution in [3.63, 3.8) is 0 Å². The molecule has 0 saturated heterocycles. The van der Waals surface area contributed by atoms with Crippen LogP contribution in [0.25, 0.3) is 0 Å². The maximum Gasteiger partial charge on any atom is 0.339 e. The summed E-state index contributed by atoms with van der Waals surface area (Å²) in [5, 5.41) is 17.5. The van der Waals surface area contributed by atoms with Crippen LogP contribution in [-0.4, -0.2) is 20.9 Å². The van der Waals surface area contributed by atoms with Crippen LogP contribution >= 0.6 is 11.3 Å². The Morgan fingerprint density at radius 1 is 1.53 bits per heavy atom. The van der Waals surface area contributed by atoms with E-state index in [2.05, 4.69) is 16.5 Å². The molecule has 2 heterocycles. The van der Waals surface area contributed by atoms with Gasteiger partial charge in [-0.25, -0.2) is 4.79 Å². The first-order valence-electron chi connectivity index (χ1n) is 5.38. The van der Waals surface area contributed by atoms with Crippen molar-refractivity contribution in [2.24, 2.45) is 0 Å². The van der Waals surface area contributed by atoms with Gasteiger partial charge in [0.05, 0.1) is 11.4 Å². The fourth-order valence-corrected chi connectivity index (χ4v) is 2.60. The summed E-state index contributed by atoms with van der Waals surface area (Å²) in [6.45, 7) is 4.26. The summed E-state index contributed by atoms with van der Waals surface area (Å²) in [5.74, 6) is -0.901. The largest absolute Gasteiger partial charge is 0.478 e. The van der Waals surface area contributed by atoms with Crippen molar-refractivity contribution in [3.8, 4) is 0 Å². The Bertz CT molecular complexity index is 529. The van der Waals surface area contributed by atoms with Crippen molar-refractivity contribution in [2.75, 3.05) is 0 Å². The number of aryl methyl sites for hydroxylation is 3. The second kappa shape index (κ2) is 4.71. The summed E-state index contributed by atoms with van der Waals surface area (Å²) in [4.78, 5) is 11.0. The van der Waals surface area contributed by atoms with E-state index in [0.717, 1.165) is 18.7 Å². The molecule has 0 unspecified atom stereocenters. The van der Waals surface area contributed by atoms with Gasteiger partial charge in [-0.2, -0.15) is 16.4 Å². The van der Waals surface area contributed by atoms with E-state index in [0.29, 0.717) is 11.3 Å². The third-order valence-electron chi connectivity index (χ3n) is 2.79. The normalized spacial score (nSPS) is 10.7. The maximum absolute atomic E-state index is 11.0. The molecule has 0 saturated carbocycles. The van der Waals surface area contributed by atoms with Gasteiger partial charge in [0.1, 0.15) is 5.56 Å². The molecule has 90 valence electrons. The zero-order valence-corrected chi connectivity index (χ0v) is 10.6. The van der Waals surface area contributed by atoms with Gasteiger partial charge >= 0.3 is 5.97 Å². The fourth-order valence-electron chi connectivity index (χ4n) is 1.89. The molecule has 0 radical (unpaired) electrons. The topological polar surface area (TPSA) is 55.1 Å². The summed E-state index contributed by atoms with van der Waals surface area (Å²) < 4.78 is 1.77. The number of rotatable bonds is 4. The number of aromatic nitrogens is 2. The van der Waals surface area contributed by atoms with Gasteiger partial charge in [0.15, 0.2) is 0 Å². The standard InChI is InChI=1S/C12H14N2O2S/c1-8-11(12(15)16)9(2)14(13-8)5-3-10-4-6-17-7-10/h4,6-7H,3,5H2,1-2H3,(H,15,16). The SMILES string of the molecule is Cc1nn(CCc2ccsc2)c(C)c1C(=O)O. The number of hydrogen-bond donors (Lipinski definition) is 1. The lowest BCUT2D eigenvalue weighted by molar-refractivity contribution is 0.0695. The monoisotopic (exact) mass is 250 g/mol. The predicted octanol–water partition coefficient (Wildman–Crippen LogP) is 2.50. The molecule has 4 nitrogen and oxygen atoms in total. The minimum Gasteiger partial charge on any atom is -0.478 e. The molecule has 0 bridgehead atoms. The first-order valence-corrected chi connectivity index (χ1v) is 6.32. The molecule has 0 aliphatic carbocycles. The first kappa shape index (κ1) is 11.9. The van der Waals surface area contributed by atoms with E-state index in [4.69, 9.17) is 5.11 Å². The minimum atomic E-state index is -0.901. The molecular formula is C12H14N2O2S. The van der Waals surface area contributed by atoms with E-state index < -0.39 is 5.97 Å². The second-order valence-corrected chi connectivity index (χ2v) is 4.74. The third-order valence-corrected chi connectivity index (χ3v) is 3.52. The van der Waals surface area contributed by atoms with Crippen LogP contribution in [0.3, 0.4) is 0 Å². The van der Waals surface area contributed by atoms with Gasteiger partial charge in [0.25, 0.3) is 0 Å². The molecule has 2 rings (SSSR count). The number of hydrogen-bond acceptors (Lipinski definition) is 3. The van der Waals surface area contributed by atoms with Crippen molar-refractivity contribution in [2.45, 2.75) is 26.8 Å². The molecule has 5 heteroatoms. The van der Waals surface area contributed by atoms with Gasteiger partial charge in [-0.15, -0.1) is 0 Å². The highest BCUT2D eigenvalue weighted by atomic mass is 32.1. The summed E-state index contributed by atoms with van der Waals surface area (Å²) in [6, 6.07) is 2.08. The van der Waals surface area contributed by atoms with E-state index in [1.165, 1.54) is 5.56 Å². The van der Waals surface area contributed by atoms with Gasteiger partial charge in [0.2, 0.25) is 0 Å². The molecule has 0 fully saturated rings. The Morgan fingerprint density at radius 3 is 2.82 bits per heavy atom. The summed E-state index contributed by atoms with van der Waals surface area (Å²) in [7, 11) is 0. The molecule has 0 amide bonds. The van der Waals surface area contributed by atoms with E-state index in [9.17, 15) is 4.79 Å². The summed E-state index contributed by atoms with van der Waals surface area (Å²) >= 11 is 1.67. The van der Waals surface area contributed by atoms with E-state index in [1.54, 1.807) is 29.9 Å². The zero-order chi connectivity index (χ0) is 12.4. The number of carboxylic acid groups (broad SMARTS) is 1. The predicted molar refractivity (Wildman–Crippen MR) is 66.7 cm³/mol. The Hall–Kier alpha value is -1.62. The van der Waals surface area contributed by atoms with Crippen LogP contribution in [0.4, 0.5) is 0 Å². The molecule has 0 aliphatic rings. The van der Waals surface area contributed by atoms with E-state index >= 15 is 0 Å². The lowest BCUT2D eigenvalue weighted by Gasteiger charge is -2.03. The number of carboxylic acids is 1. The molecule has 1 N–H and O–H groups in total. The Kier molecular flexibility index (Phi) is 3.28. The molecule has 0 aliphatic heterocycles. The molecule has 0 spiro atoms. The van der Waals surface area contributed by atoms with Gasteiger partial charge in [-0.1, -0.05) is 0 Å². The van der Waals surface area contributed by atoms with Crippen LogP contribution in [0.5, 0.6) is 0 Å². The van der Waals surface area contributed by atoms with Crippen molar-refractivity contribution in [3.05, 3.63) is 39.3 Å². The zero-order valence-electron chi connectivity index (χ0n) is 9.80. The van der Waals surface area contributed by atoms with Gasteiger partial charge < -0.3 is 5.11 Å². The average molecular weight is 250 g/mol. The lowest BCUT2D eigenvalue weighted by Crippen LogP contribution is -2.06. The van der Waals surface area contributed by atoms with Gasteiger partial charge in [0, 0.05) is 6.54 Å². The Morgan fingerprint density at radius 2 is 2.29 bits per heavy atom. The summed E-state index contributed by atoms with van der Waals surface area (Å²) in [6.07, 6.45) is 0.879. The minimum absolute atomic E-state index is 0.329. The highest BCUT2D eigenvalue weighted by Gasteiger charge is 2.17. The third kappa shape index (κ3) is 2.39. The number of nitrogens with zero attached hydrogens (tertiary/aromatic N) is 2. The van der Waals surface area contributed by atoms with E-state index in [-0.39, 0.29) is 0 Å². The van der Waals surface area contributed by atoms with Crippen LogP contribution in [0.1, 0.15) is 27.3 Å². The van der Waals surface area contributed by atoms with Gasteiger partial charge in [-0.3, -0.25) is 4.68 Å². The Balaban J connectivity index is 2.17. The van der Waals surface area contributed by atoms with Crippen LogP contribution < -0.4 is 0 Å². The molecule has 2 aromatic rings. The highest BCUT2D eigenvalue weighted by Crippen LogP contribution is 2.14. The summed E-state index contributed by atoms with van der Waals surface area (Å²) in [5.41, 5.74) is 2.90. The quantitative estimate of drug-likeness (QED) is 0.907. The molecule has 2 aromatic heterocycles. The van der Waals surface area contributed by atoms with Crippen molar-refractivity contribution in [1.82, 2.24) is 9.78 Å². The Labute approximate surface area is 104 Å². The number of aromatic carboxylic acids is 1. The first-order chi connectivity index (χ1) is 8.09. The maximum atomic E-state index is 11.0. The number of thiophene rings is 1. The molecule has 17 heavy (non-hydrogen) atoms. The molecular weight excluding hydrogens is 236 g/mol. The second-order valence-electron chi connectivity index (χ2n) is 3.96. The van der Waals surface area contributed by atoms with Crippen molar-refractivity contribution in [1.29, 1.82) is 0 Å². The van der Waals surface area contributed by atoms with Crippen LogP contribution in [0.2, 0.25) is 0 Å². The van der Waals surface area contributed by atoms with Crippen LogP contribution in [-0.2, 0) is 13.0 Å². The molecule has 0 atom stereocenters. The molecule has 0 aromatic carbocycles. The highest BCUT2D eigenvalue weighted by molar-refractivity contribution is 7.07. The van der Waals surface area contributed by atoms with E-state index in [1.807, 2.05) is 5.38 Å².